The third kappa shape index (κ3) is 5.16. The van der Waals surface area contributed by atoms with E-state index in [2.05, 4.69) is 55.7 Å². The van der Waals surface area contributed by atoms with Gasteiger partial charge in [0, 0.05) is 0 Å². The van der Waals surface area contributed by atoms with Crippen LogP contribution in [-0.2, 0) is 0 Å². The van der Waals surface area contributed by atoms with Crippen LogP contribution in [0.25, 0.3) is 0 Å². The first-order valence-corrected chi connectivity index (χ1v) is 8.21. The highest BCUT2D eigenvalue weighted by Crippen LogP contribution is 2.15. The molecule has 1 saturated heterocycles. The highest BCUT2D eigenvalue weighted by molar-refractivity contribution is 6.65. The topological polar surface area (TPSA) is 9.72 Å². The number of rotatable bonds is 7. The van der Waals surface area contributed by atoms with E-state index >= 15 is 0 Å². The largest absolute Gasteiger partial charge is 0.361 e. The van der Waals surface area contributed by atoms with Crippen molar-refractivity contribution in [2.75, 3.05) is 0 Å². The van der Waals surface area contributed by atoms with Crippen LogP contribution < -0.4 is 0 Å². The molecule has 0 aromatic heterocycles. The molecule has 0 aromatic carbocycles. The molecule has 0 radical (unpaired) electrons. The molecule has 6 heteroatoms. The number of nitrogens with zero attached hydrogens (tertiary/aromatic N) is 3. The zero-order valence-electron chi connectivity index (χ0n) is 14.0. The zero-order chi connectivity index (χ0) is 14.4. The van der Waals surface area contributed by atoms with Crippen LogP contribution in [0, 0.1) is 0 Å². The van der Waals surface area contributed by atoms with E-state index in [0.717, 1.165) is 22.6 Å². The Morgan fingerprint density at radius 2 is 1.05 bits per heavy atom. The molecule has 1 aliphatic rings. The Morgan fingerprint density at radius 3 is 1.37 bits per heavy atom. The zero-order valence-corrected chi connectivity index (χ0v) is 14.0. The van der Waals surface area contributed by atoms with Gasteiger partial charge in [-0.2, -0.15) is 0 Å². The summed E-state index contributed by atoms with van der Waals surface area (Å²) in [6.45, 7) is 14.0. The van der Waals surface area contributed by atoms with E-state index in [1.807, 2.05) is 0 Å². The van der Waals surface area contributed by atoms with Gasteiger partial charge in [0.2, 0.25) is 0 Å². The van der Waals surface area contributed by atoms with E-state index in [1.54, 1.807) is 0 Å². The van der Waals surface area contributed by atoms with Gasteiger partial charge in [0.1, 0.15) is 0 Å². The first-order chi connectivity index (χ1) is 8.99. The summed E-state index contributed by atoms with van der Waals surface area (Å²) in [5, 5.41) is 0. The van der Waals surface area contributed by atoms with E-state index < -0.39 is 0 Å². The molecule has 108 valence electrons. The van der Waals surface area contributed by atoms with Gasteiger partial charge in [-0.25, -0.2) is 0 Å². The van der Waals surface area contributed by atoms with Gasteiger partial charge < -0.3 is 14.2 Å². The smallest absolute Gasteiger partial charge is 0.271 e. The lowest BCUT2D eigenvalue weighted by molar-refractivity contribution is 0.348. The quantitative estimate of drug-likeness (QED) is 0.644. The standard InChI is InChI=1S/C13H32B3N3/c1-7-9-12(5)18-14-17(11(3)4)15-19(16-18)13(6)10-8-2/h11-16H,7-10H2,1-6H3. The molecule has 1 rings (SSSR count). The minimum Gasteiger partial charge on any atom is -0.361 e. The average molecular weight is 263 g/mol. The second-order valence-electron chi connectivity index (χ2n) is 6.56. The number of hydrogen-bond acceptors (Lipinski definition) is 3. The van der Waals surface area contributed by atoms with Crippen molar-refractivity contribution in [2.24, 2.45) is 0 Å². The Bertz CT molecular complexity index is 233. The normalized spacial score (nSPS) is 21.6. The Kier molecular flexibility index (Phi) is 7.56. The molecule has 0 bridgehead atoms. The van der Waals surface area contributed by atoms with Crippen molar-refractivity contribution in [3.8, 4) is 0 Å². The molecule has 0 aliphatic carbocycles. The lowest BCUT2D eigenvalue weighted by Crippen LogP contribution is -2.66. The van der Waals surface area contributed by atoms with Crippen LogP contribution >= 0.6 is 0 Å². The minimum atomic E-state index is 0.632. The van der Waals surface area contributed by atoms with E-state index in [-0.39, 0.29) is 0 Å². The predicted octanol–water partition coefficient (Wildman–Crippen LogP) is 1.49. The average Bonchev–Trinajstić information content (AvgIpc) is 2.38. The first kappa shape index (κ1) is 17.1. The summed E-state index contributed by atoms with van der Waals surface area (Å²) in [6, 6.07) is 2.03. The van der Waals surface area contributed by atoms with Crippen molar-refractivity contribution >= 4 is 22.6 Å². The third-order valence-corrected chi connectivity index (χ3v) is 4.48. The maximum absolute atomic E-state index is 2.65. The van der Waals surface area contributed by atoms with Gasteiger partial charge in [0.05, 0.1) is 0 Å². The van der Waals surface area contributed by atoms with Crippen LogP contribution in [0.2, 0.25) is 0 Å². The molecule has 3 nitrogen and oxygen atoms in total. The molecule has 2 atom stereocenters. The van der Waals surface area contributed by atoms with Gasteiger partial charge in [-0.05, 0) is 31.0 Å². The fraction of sp³-hybridized carbons (Fsp3) is 1.00. The van der Waals surface area contributed by atoms with E-state index in [9.17, 15) is 0 Å². The minimum absolute atomic E-state index is 0.632. The third-order valence-electron chi connectivity index (χ3n) is 4.48. The predicted molar refractivity (Wildman–Crippen MR) is 90.8 cm³/mol. The first-order valence-electron chi connectivity index (χ1n) is 8.21. The Balaban J connectivity index is 2.67. The molecule has 19 heavy (non-hydrogen) atoms. The Labute approximate surface area is 122 Å². The molecule has 0 amide bonds. The summed E-state index contributed by atoms with van der Waals surface area (Å²) >= 11 is 0. The molecule has 1 fully saturated rings. The second-order valence-corrected chi connectivity index (χ2v) is 6.56. The van der Waals surface area contributed by atoms with E-state index in [0.29, 0.717) is 18.1 Å². The van der Waals surface area contributed by atoms with Gasteiger partial charge in [-0.15, -0.1) is 0 Å². The number of hydrogen-bond donors (Lipinski definition) is 0. The molecule has 2 unspecified atom stereocenters. The van der Waals surface area contributed by atoms with Gasteiger partial charge in [0.15, 0.2) is 0 Å². The Hall–Kier alpha value is 0.0748. The van der Waals surface area contributed by atoms with Crippen molar-refractivity contribution in [3.05, 3.63) is 0 Å². The molecule has 0 aromatic rings. The van der Waals surface area contributed by atoms with Crippen LogP contribution in [-0.4, -0.2) is 54.9 Å². The van der Waals surface area contributed by atoms with Crippen LogP contribution in [0.3, 0.4) is 0 Å². The van der Waals surface area contributed by atoms with Gasteiger partial charge >= 0.3 is 0 Å². The molecular weight excluding hydrogens is 231 g/mol. The van der Waals surface area contributed by atoms with Crippen molar-refractivity contribution in [3.63, 3.8) is 0 Å². The van der Waals surface area contributed by atoms with Crippen molar-refractivity contribution in [1.29, 1.82) is 0 Å². The van der Waals surface area contributed by atoms with Crippen LogP contribution in [0.1, 0.15) is 67.2 Å². The lowest BCUT2D eigenvalue weighted by Gasteiger charge is -2.47. The summed E-state index contributed by atoms with van der Waals surface area (Å²) < 4.78 is 7.90. The van der Waals surface area contributed by atoms with Gasteiger partial charge in [-0.3, -0.25) is 0 Å². The van der Waals surface area contributed by atoms with Crippen molar-refractivity contribution in [1.82, 2.24) is 14.2 Å². The van der Waals surface area contributed by atoms with Gasteiger partial charge in [-0.1, -0.05) is 54.4 Å². The molecule has 1 heterocycles. The molecule has 0 spiro atoms. The Morgan fingerprint density at radius 1 is 0.684 bits per heavy atom. The summed E-state index contributed by atoms with van der Waals surface area (Å²) in [7, 11) is 3.41. The summed E-state index contributed by atoms with van der Waals surface area (Å²) in [6.07, 6.45) is 5.18. The molecule has 0 N–H and O–H groups in total. The van der Waals surface area contributed by atoms with Gasteiger partial charge in [0.25, 0.3) is 22.6 Å². The molecule has 0 saturated carbocycles. The fourth-order valence-corrected chi connectivity index (χ4v) is 2.92. The SMILES string of the molecule is CCCC(C)N1BN(C(C)C)BN(C(C)CCC)B1. The summed E-state index contributed by atoms with van der Waals surface area (Å²) in [5.41, 5.74) is 0. The maximum atomic E-state index is 2.65. The van der Waals surface area contributed by atoms with Crippen molar-refractivity contribution < 1.29 is 0 Å². The summed E-state index contributed by atoms with van der Waals surface area (Å²) in [4.78, 5) is 0. The van der Waals surface area contributed by atoms with Crippen LogP contribution in [0.5, 0.6) is 0 Å². The molecular formula is C13H32B3N3. The van der Waals surface area contributed by atoms with E-state index in [1.165, 1.54) is 25.7 Å². The van der Waals surface area contributed by atoms with E-state index in [4.69, 9.17) is 0 Å². The maximum Gasteiger partial charge on any atom is 0.271 e. The van der Waals surface area contributed by atoms with Crippen LogP contribution in [0.15, 0.2) is 0 Å². The monoisotopic (exact) mass is 263 g/mol. The highest BCUT2D eigenvalue weighted by Gasteiger charge is 2.32. The molecule has 1 aliphatic heterocycles. The van der Waals surface area contributed by atoms with Crippen LogP contribution in [0.4, 0.5) is 0 Å². The summed E-state index contributed by atoms with van der Waals surface area (Å²) in [5.74, 6) is 0. The van der Waals surface area contributed by atoms with Crippen molar-refractivity contribution in [2.45, 2.75) is 85.4 Å². The second kappa shape index (κ2) is 8.38. The fourth-order valence-electron chi connectivity index (χ4n) is 2.92. The lowest BCUT2D eigenvalue weighted by atomic mass is 9.70. The highest BCUT2D eigenvalue weighted by atomic mass is 15.3.